The minimum absolute atomic E-state index is 0.353. The monoisotopic (exact) mass is 218 g/mol. The molecule has 0 aliphatic carbocycles. The van der Waals surface area contributed by atoms with Crippen molar-refractivity contribution >= 4 is 5.69 Å². The highest BCUT2D eigenvalue weighted by atomic mass is 16.7. The summed E-state index contributed by atoms with van der Waals surface area (Å²) < 4.78 is 0. The van der Waals surface area contributed by atoms with Crippen molar-refractivity contribution in [3.8, 4) is 0 Å². The molecule has 1 N–H and O–H groups in total. The number of rotatable bonds is 1. The van der Waals surface area contributed by atoms with E-state index in [9.17, 15) is 0 Å². The van der Waals surface area contributed by atoms with Crippen LogP contribution in [0.2, 0.25) is 0 Å². The van der Waals surface area contributed by atoms with Gasteiger partial charge in [-0.25, -0.2) is 0 Å². The van der Waals surface area contributed by atoms with Gasteiger partial charge in [-0.1, -0.05) is 18.2 Å². The van der Waals surface area contributed by atoms with Gasteiger partial charge in [0.25, 0.3) is 0 Å². The molecule has 3 heteroatoms. The zero-order valence-corrected chi connectivity index (χ0v) is 9.70. The molecule has 2 aliphatic rings. The lowest BCUT2D eigenvalue weighted by molar-refractivity contribution is -0.149. The largest absolute Gasteiger partial charge is 0.384 e. The second kappa shape index (κ2) is 3.75. The van der Waals surface area contributed by atoms with Crippen LogP contribution in [0.25, 0.3) is 0 Å². The number of hydrogen-bond acceptors (Lipinski definition) is 3. The second-order valence-electron chi connectivity index (χ2n) is 4.79. The average Bonchev–Trinajstić information content (AvgIpc) is 2.71. The Morgan fingerprint density at radius 2 is 2.00 bits per heavy atom. The summed E-state index contributed by atoms with van der Waals surface area (Å²) in [5.74, 6) is 0. The first-order chi connectivity index (χ1) is 7.84. The number of nitrogens with one attached hydrogen (secondary N) is 1. The first kappa shape index (κ1) is 10.1. The molecule has 0 aromatic heterocycles. The van der Waals surface area contributed by atoms with Gasteiger partial charge in [0.15, 0.2) is 0 Å². The Kier molecular flexibility index (Phi) is 2.37. The first-order valence-electron chi connectivity index (χ1n) is 5.96. The third-order valence-corrected chi connectivity index (χ3v) is 4.05. The van der Waals surface area contributed by atoms with Crippen molar-refractivity contribution in [1.82, 2.24) is 5.06 Å². The predicted molar refractivity (Wildman–Crippen MR) is 64.4 cm³/mol. The molecule has 2 aliphatic heterocycles. The van der Waals surface area contributed by atoms with E-state index in [-0.39, 0.29) is 0 Å². The summed E-state index contributed by atoms with van der Waals surface area (Å²) in [6.45, 7) is 3.16. The number of fused-ring (bicyclic) bond motifs is 2. The van der Waals surface area contributed by atoms with Crippen molar-refractivity contribution in [2.45, 2.75) is 18.3 Å². The minimum Gasteiger partial charge on any atom is -0.384 e. The fourth-order valence-corrected chi connectivity index (χ4v) is 3.00. The van der Waals surface area contributed by atoms with E-state index in [0.29, 0.717) is 5.41 Å². The van der Waals surface area contributed by atoms with E-state index in [1.165, 1.54) is 24.1 Å². The third kappa shape index (κ3) is 1.43. The summed E-state index contributed by atoms with van der Waals surface area (Å²) in [4.78, 5) is 5.29. The molecule has 1 aromatic carbocycles. The summed E-state index contributed by atoms with van der Waals surface area (Å²) in [5.41, 5.74) is 3.19. The molecule has 1 aromatic rings. The second-order valence-corrected chi connectivity index (χ2v) is 4.79. The number of hydroxylamine groups is 2. The molecule has 0 saturated carbocycles. The molecular weight excluding hydrogens is 200 g/mol. The van der Waals surface area contributed by atoms with Crippen molar-refractivity contribution in [3.05, 3.63) is 29.8 Å². The molecule has 0 radical (unpaired) electrons. The summed E-state index contributed by atoms with van der Waals surface area (Å²) in [5, 5.41) is 5.60. The van der Waals surface area contributed by atoms with Crippen LogP contribution in [0.1, 0.15) is 18.4 Å². The zero-order valence-electron chi connectivity index (χ0n) is 9.70. The van der Waals surface area contributed by atoms with E-state index in [4.69, 9.17) is 4.84 Å². The lowest BCUT2D eigenvalue weighted by Crippen LogP contribution is -2.43. The summed E-state index contributed by atoms with van der Waals surface area (Å²) in [6, 6.07) is 8.72. The van der Waals surface area contributed by atoms with Gasteiger partial charge in [-0.05, 0) is 24.5 Å². The van der Waals surface area contributed by atoms with E-state index >= 15 is 0 Å². The fourth-order valence-electron chi connectivity index (χ4n) is 3.00. The van der Waals surface area contributed by atoms with Crippen molar-refractivity contribution in [3.63, 3.8) is 0 Å². The Morgan fingerprint density at radius 1 is 1.25 bits per heavy atom. The van der Waals surface area contributed by atoms with Gasteiger partial charge < -0.3 is 10.2 Å². The van der Waals surface area contributed by atoms with Crippen molar-refractivity contribution in [2.75, 3.05) is 32.1 Å². The highest BCUT2D eigenvalue weighted by Gasteiger charge is 2.41. The molecular formula is C13H18N2O. The van der Waals surface area contributed by atoms with Gasteiger partial charge in [0.1, 0.15) is 0 Å². The van der Waals surface area contributed by atoms with E-state index in [1.807, 2.05) is 0 Å². The van der Waals surface area contributed by atoms with E-state index in [1.54, 1.807) is 7.11 Å². The Hall–Kier alpha value is -1.06. The molecule has 1 fully saturated rings. The maximum Gasteiger partial charge on any atom is 0.0575 e. The van der Waals surface area contributed by atoms with E-state index < -0.39 is 0 Å². The number of piperidine rings is 1. The van der Waals surface area contributed by atoms with Crippen LogP contribution in [-0.2, 0) is 10.3 Å². The Bertz CT molecular complexity index is 383. The molecule has 0 amide bonds. The van der Waals surface area contributed by atoms with E-state index in [2.05, 4.69) is 34.6 Å². The van der Waals surface area contributed by atoms with Crippen molar-refractivity contribution in [2.24, 2.45) is 0 Å². The molecule has 3 nitrogen and oxygen atoms in total. The van der Waals surface area contributed by atoms with Crippen molar-refractivity contribution in [1.29, 1.82) is 0 Å². The normalized spacial score (nSPS) is 23.1. The SMILES string of the molecule is CON1CCC2(CC1)CNc1ccccc12. The number of benzene rings is 1. The van der Waals surface area contributed by atoms with Gasteiger partial charge in [0, 0.05) is 30.7 Å². The molecule has 3 rings (SSSR count). The highest BCUT2D eigenvalue weighted by molar-refractivity contribution is 5.60. The average molecular weight is 218 g/mol. The van der Waals surface area contributed by atoms with Gasteiger partial charge in [0.05, 0.1) is 7.11 Å². The molecule has 0 bridgehead atoms. The molecule has 16 heavy (non-hydrogen) atoms. The van der Waals surface area contributed by atoms with Crippen LogP contribution in [-0.4, -0.2) is 31.8 Å². The van der Waals surface area contributed by atoms with Gasteiger partial charge >= 0.3 is 0 Å². The van der Waals surface area contributed by atoms with Gasteiger partial charge in [-0.3, -0.25) is 0 Å². The number of para-hydroxylation sites is 1. The van der Waals surface area contributed by atoms with Crippen LogP contribution < -0.4 is 5.32 Å². The Morgan fingerprint density at radius 3 is 2.75 bits per heavy atom. The Labute approximate surface area is 96.4 Å². The zero-order chi connectivity index (χ0) is 11.0. The molecule has 0 atom stereocenters. The van der Waals surface area contributed by atoms with Crippen LogP contribution >= 0.6 is 0 Å². The highest BCUT2D eigenvalue weighted by Crippen LogP contribution is 2.43. The third-order valence-electron chi connectivity index (χ3n) is 4.05. The molecule has 86 valence electrons. The van der Waals surface area contributed by atoms with Crippen molar-refractivity contribution < 1.29 is 4.84 Å². The summed E-state index contributed by atoms with van der Waals surface area (Å²) in [6.07, 6.45) is 2.37. The maximum atomic E-state index is 5.29. The number of hydrogen-bond donors (Lipinski definition) is 1. The predicted octanol–water partition coefficient (Wildman–Crippen LogP) is 2.01. The fraction of sp³-hybridized carbons (Fsp3) is 0.538. The smallest absolute Gasteiger partial charge is 0.0575 e. The lowest BCUT2D eigenvalue weighted by atomic mass is 9.75. The summed E-state index contributed by atoms with van der Waals surface area (Å²) >= 11 is 0. The first-order valence-corrected chi connectivity index (χ1v) is 5.96. The van der Waals surface area contributed by atoms with Gasteiger partial charge in [-0.2, -0.15) is 5.06 Å². The molecule has 1 saturated heterocycles. The standard InChI is InChI=1S/C13H18N2O/c1-16-15-8-6-13(7-9-15)10-14-12-5-3-2-4-11(12)13/h2-5,14H,6-10H2,1H3. The number of anilines is 1. The molecule has 1 spiro atoms. The van der Waals surface area contributed by atoms with Crippen LogP contribution in [0, 0.1) is 0 Å². The molecule has 0 unspecified atom stereocenters. The quantitative estimate of drug-likeness (QED) is 0.780. The van der Waals surface area contributed by atoms with Crippen LogP contribution in [0.4, 0.5) is 5.69 Å². The van der Waals surface area contributed by atoms with Gasteiger partial charge in [0.2, 0.25) is 0 Å². The Balaban J connectivity index is 1.87. The molecule has 2 heterocycles. The maximum absolute atomic E-state index is 5.29. The van der Waals surface area contributed by atoms with E-state index in [0.717, 1.165) is 19.6 Å². The topological polar surface area (TPSA) is 24.5 Å². The van der Waals surface area contributed by atoms with Crippen LogP contribution in [0.3, 0.4) is 0 Å². The number of nitrogens with zero attached hydrogens (tertiary/aromatic N) is 1. The summed E-state index contributed by atoms with van der Waals surface area (Å²) in [7, 11) is 1.76. The lowest BCUT2D eigenvalue weighted by Gasteiger charge is -2.38. The van der Waals surface area contributed by atoms with Crippen LogP contribution in [0.5, 0.6) is 0 Å². The van der Waals surface area contributed by atoms with Gasteiger partial charge in [-0.15, -0.1) is 0 Å². The van der Waals surface area contributed by atoms with Crippen LogP contribution in [0.15, 0.2) is 24.3 Å². The minimum atomic E-state index is 0.353.